The first-order chi connectivity index (χ1) is 33.0. The van der Waals surface area contributed by atoms with E-state index in [4.69, 9.17) is 14.2 Å². The Bertz CT molecular complexity index is 1080. The van der Waals surface area contributed by atoms with E-state index < -0.39 is 6.10 Å². The van der Waals surface area contributed by atoms with Crippen LogP contribution in [0.15, 0.2) is 24.3 Å². The zero-order valence-electron chi connectivity index (χ0n) is 45.2. The van der Waals surface area contributed by atoms with Gasteiger partial charge in [0.05, 0.1) is 0 Å². The molecule has 0 radical (unpaired) electrons. The van der Waals surface area contributed by atoms with Crippen LogP contribution < -0.4 is 0 Å². The molecule has 0 aliphatic rings. The average molecular weight is 944 g/mol. The first-order valence-electron chi connectivity index (χ1n) is 29.8. The average Bonchev–Trinajstić information content (AvgIpc) is 3.33. The van der Waals surface area contributed by atoms with Crippen molar-refractivity contribution in [3.05, 3.63) is 24.3 Å². The van der Waals surface area contributed by atoms with Gasteiger partial charge in [0.1, 0.15) is 13.2 Å². The maximum absolute atomic E-state index is 12.8. The van der Waals surface area contributed by atoms with Crippen LogP contribution in [-0.4, -0.2) is 37.2 Å². The molecule has 0 aromatic carbocycles. The van der Waals surface area contributed by atoms with Gasteiger partial charge in [-0.2, -0.15) is 0 Å². The lowest BCUT2D eigenvalue weighted by Gasteiger charge is -2.18. The predicted octanol–water partition coefficient (Wildman–Crippen LogP) is 19.9. The lowest BCUT2D eigenvalue weighted by atomic mass is 10.0. The highest BCUT2D eigenvalue weighted by molar-refractivity contribution is 5.71. The molecule has 0 aromatic rings. The lowest BCUT2D eigenvalue weighted by Crippen LogP contribution is -2.30. The molecule has 6 nitrogen and oxygen atoms in total. The molecule has 0 bridgehead atoms. The highest BCUT2D eigenvalue weighted by atomic mass is 16.6. The fraction of sp³-hybridized carbons (Fsp3) is 0.885. The molecule has 0 aliphatic heterocycles. The van der Waals surface area contributed by atoms with Crippen molar-refractivity contribution in [1.82, 2.24) is 0 Å². The summed E-state index contributed by atoms with van der Waals surface area (Å²) in [5, 5.41) is 0. The first kappa shape index (κ1) is 64.9. The fourth-order valence-electron chi connectivity index (χ4n) is 8.95. The van der Waals surface area contributed by atoms with Gasteiger partial charge in [-0.05, 0) is 51.4 Å². The van der Waals surface area contributed by atoms with E-state index in [9.17, 15) is 14.4 Å². The van der Waals surface area contributed by atoms with E-state index in [1.165, 1.54) is 212 Å². The number of hydrogen-bond acceptors (Lipinski definition) is 6. The highest BCUT2D eigenvalue weighted by Gasteiger charge is 2.19. The molecule has 0 N–H and O–H groups in total. The van der Waals surface area contributed by atoms with E-state index in [1.54, 1.807) is 0 Å². The van der Waals surface area contributed by atoms with Gasteiger partial charge in [-0.1, -0.05) is 283 Å². The Balaban J connectivity index is 4.25. The number of allylic oxidation sites excluding steroid dienone is 4. The van der Waals surface area contributed by atoms with Gasteiger partial charge in [0.15, 0.2) is 6.10 Å². The van der Waals surface area contributed by atoms with Gasteiger partial charge in [-0.15, -0.1) is 0 Å². The van der Waals surface area contributed by atoms with Crippen LogP contribution in [0.3, 0.4) is 0 Å². The molecular formula is C61H114O6. The van der Waals surface area contributed by atoms with Crippen molar-refractivity contribution in [2.45, 2.75) is 335 Å². The number of esters is 3. The number of rotatable bonds is 55. The summed E-state index contributed by atoms with van der Waals surface area (Å²) in [6.07, 6.45) is 66.0. The smallest absolute Gasteiger partial charge is 0.306 e. The molecule has 0 rings (SSSR count). The Kier molecular flexibility index (Phi) is 54.7. The topological polar surface area (TPSA) is 78.9 Å². The molecule has 394 valence electrons. The molecule has 1 unspecified atom stereocenters. The van der Waals surface area contributed by atoms with E-state index >= 15 is 0 Å². The van der Waals surface area contributed by atoms with Crippen LogP contribution in [0.4, 0.5) is 0 Å². The maximum Gasteiger partial charge on any atom is 0.306 e. The van der Waals surface area contributed by atoms with Gasteiger partial charge in [-0.3, -0.25) is 14.4 Å². The van der Waals surface area contributed by atoms with Crippen LogP contribution in [0.25, 0.3) is 0 Å². The molecule has 0 saturated heterocycles. The SMILES string of the molecule is CCCCC/C=C\C/C=C\CCCCCCCC(=O)OC(COC(=O)CCCCCCCCCCCCCC)COC(=O)CCCCCCCCCCCCCCCCCCCCCCCC. The first-order valence-corrected chi connectivity index (χ1v) is 29.8. The normalized spacial score (nSPS) is 12.1. The number of carbonyl (C=O) groups is 3. The van der Waals surface area contributed by atoms with Crippen molar-refractivity contribution in [3.8, 4) is 0 Å². The van der Waals surface area contributed by atoms with Crippen LogP contribution in [-0.2, 0) is 28.6 Å². The Morgan fingerprint density at radius 3 is 0.851 bits per heavy atom. The van der Waals surface area contributed by atoms with Crippen LogP contribution >= 0.6 is 0 Å². The van der Waals surface area contributed by atoms with Gasteiger partial charge in [0, 0.05) is 19.3 Å². The quantitative estimate of drug-likeness (QED) is 0.0262. The van der Waals surface area contributed by atoms with E-state index in [-0.39, 0.29) is 31.1 Å². The third-order valence-corrected chi connectivity index (χ3v) is 13.5. The molecule has 0 aliphatic carbocycles. The van der Waals surface area contributed by atoms with Crippen LogP contribution in [0, 0.1) is 0 Å². The third kappa shape index (κ3) is 54.7. The van der Waals surface area contributed by atoms with Crippen molar-refractivity contribution in [2.24, 2.45) is 0 Å². The minimum atomic E-state index is -0.773. The Hall–Kier alpha value is -2.11. The monoisotopic (exact) mass is 943 g/mol. The van der Waals surface area contributed by atoms with Crippen molar-refractivity contribution in [2.75, 3.05) is 13.2 Å². The Labute approximate surface area is 417 Å². The molecule has 1 atom stereocenters. The van der Waals surface area contributed by atoms with Crippen molar-refractivity contribution >= 4 is 17.9 Å². The zero-order valence-corrected chi connectivity index (χ0v) is 45.2. The largest absolute Gasteiger partial charge is 0.462 e. The molecule has 0 aromatic heterocycles. The van der Waals surface area contributed by atoms with Crippen molar-refractivity contribution < 1.29 is 28.6 Å². The number of ether oxygens (including phenoxy) is 3. The second-order valence-corrected chi connectivity index (χ2v) is 20.3. The lowest BCUT2D eigenvalue weighted by molar-refractivity contribution is -0.167. The molecule has 6 heteroatoms. The summed E-state index contributed by atoms with van der Waals surface area (Å²) in [7, 11) is 0. The van der Waals surface area contributed by atoms with Crippen LogP contribution in [0.2, 0.25) is 0 Å². The minimum absolute atomic E-state index is 0.0715. The van der Waals surface area contributed by atoms with Gasteiger partial charge in [-0.25, -0.2) is 0 Å². The Morgan fingerprint density at radius 1 is 0.299 bits per heavy atom. The fourth-order valence-corrected chi connectivity index (χ4v) is 8.95. The molecule has 0 spiro atoms. The summed E-state index contributed by atoms with van der Waals surface area (Å²) in [5.74, 6) is -0.864. The van der Waals surface area contributed by atoms with E-state index in [1.807, 2.05) is 0 Å². The summed E-state index contributed by atoms with van der Waals surface area (Å²) < 4.78 is 16.9. The highest BCUT2D eigenvalue weighted by Crippen LogP contribution is 2.17. The Morgan fingerprint density at radius 2 is 0.537 bits per heavy atom. The number of unbranched alkanes of at least 4 members (excludes halogenated alkanes) is 40. The maximum atomic E-state index is 12.8. The zero-order chi connectivity index (χ0) is 48.6. The third-order valence-electron chi connectivity index (χ3n) is 13.5. The molecule has 0 heterocycles. The molecule has 67 heavy (non-hydrogen) atoms. The summed E-state index contributed by atoms with van der Waals surface area (Å²) in [6.45, 7) is 6.65. The van der Waals surface area contributed by atoms with E-state index in [0.717, 1.165) is 77.0 Å². The predicted molar refractivity (Wildman–Crippen MR) is 289 cm³/mol. The second kappa shape index (κ2) is 56.5. The van der Waals surface area contributed by atoms with E-state index in [0.29, 0.717) is 19.3 Å². The minimum Gasteiger partial charge on any atom is -0.462 e. The number of hydrogen-bond donors (Lipinski definition) is 0. The van der Waals surface area contributed by atoms with Crippen LogP contribution in [0.1, 0.15) is 329 Å². The van der Waals surface area contributed by atoms with Gasteiger partial charge < -0.3 is 14.2 Å². The molecule has 0 saturated carbocycles. The summed E-state index contributed by atoms with van der Waals surface area (Å²) >= 11 is 0. The van der Waals surface area contributed by atoms with E-state index in [2.05, 4.69) is 45.1 Å². The van der Waals surface area contributed by atoms with Gasteiger partial charge >= 0.3 is 17.9 Å². The van der Waals surface area contributed by atoms with Crippen molar-refractivity contribution in [1.29, 1.82) is 0 Å². The van der Waals surface area contributed by atoms with Crippen LogP contribution in [0.5, 0.6) is 0 Å². The summed E-state index contributed by atoms with van der Waals surface area (Å²) in [4.78, 5) is 38.1. The molecular weight excluding hydrogens is 829 g/mol. The summed E-state index contributed by atoms with van der Waals surface area (Å²) in [5.41, 5.74) is 0. The number of carbonyl (C=O) groups excluding carboxylic acids is 3. The summed E-state index contributed by atoms with van der Waals surface area (Å²) in [6, 6.07) is 0. The van der Waals surface area contributed by atoms with Gasteiger partial charge in [0.2, 0.25) is 0 Å². The van der Waals surface area contributed by atoms with Crippen molar-refractivity contribution in [3.63, 3.8) is 0 Å². The van der Waals surface area contributed by atoms with Gasteiger partial charge in [0.25, 0.3) is 0 Å². The molecule has 0 fully saturated rings. The standard InChI is InChI=1S/C61H114O6/c1-4-7-10-13-16-19-22-25-27-28-29-30-31-32-33-35-36-39-42-45-48-51-54-60(63)66-57-58(56-65-59(62)53-50-47-44-41-38-24-21-18-15-12-9-6-3)67-61(64)55-52-49-46-43-40-37-34-26-23-20-17-14-11-8-5-2/h17,20,26,34,58H,4-16,18-19,21-25,27-33,35-57H2,1-3H3/b20-17-,34-26-. The molecule has 0 amide bonds. The second-order valence-electron chi connectivity index (χ2n) is 20.3.